The van der Waals surface area contributed by atoms with E-state index in [0.29, 0.717) is 6.61 Å². The second-order valence-electron chi connectivity index (χ2n) is 6.59. The summed E-state index contributed by atoms with van der Waals surface area (Å²) < 4.78 is 6.03. The maximum Gasteiger partial charge on any atom is 0.134 e. The third-order valence-electron chi connectivity index (χ3n) is 5.10. The molecule has 2 aliphatic rings. The molecule has 3 aromatic rings. The molecule has 1 aliphatic heterocycles. The fourth-order valence-corrected chi connectivity index (χ4v) is 3.87. The standard InChI is InChI=1S/C22H19NO/c1-2-6-15(7-3-1)21-14-24-22(23-21)17-10-11-20-18(13-17)12-16-8-4-5-9-19(16)20/h1-11,13,21-23H,12,14H2/t21-,22+/m1/s1. The predicted molar refractivity (Wildman–Crippen MR) is 95.7 cm³/mol. The highest BCUT2D eigenvalue weighted by molar-refractivity contribution is 5.76. The van der Waals surface area contributed by atoms with Gasteiger partial charge in [0.1, 0.15) is 6.23 Å². The molecule has 2 nitrogen and oxygen atoms in total. The Hall–Kier alpha value is -2.42. The normalized spacial score (nSPS) is 21.5. The summed E-state index contributed by atoms with van der Waals surface area (Å²) in [5.41, 5.74) is 8.08. The first-order valence-electron chi connectivity index (χ1n) is 8.52. The smallest absolute Gasteiger partial charge is 0.134 e. The Labute approximate surface area is 142 Å². The van der Waals surface area contributed by atoms with E-state index in [2.05, 4.69) is 78.1 Å². The molecule has 2 heteroatoms. The molecule has 0 aromatic heterocycles. The molecule has 0 unspecified atom stereocenters. The Morgan fingerprint density at radius 1 is 0.750 bits per heavy atom. The first-order chi connectivity index (χ1) is 11.9. The van der Waals surface area contributed by atoms with E-state index in [9.17, 15) is 0 Å². The van der Waals surface area contributed by atoms with Gasteiger partial charge in [0.15, 0.2) is 0 Å². The molecule has 0 spiro atoms. The fraction of sp³-hybridized carbons (Fsp3) is 0.182. The molecule has 1 saturated heterocycles. The Morgan fingerprint density at radius 3 is 2.46 bits per heavy atom. The van der Waals surface area contributed by atoms with Gasteiger partial charge < -0.3 is 4.74 Å². The maximum absolute atomic E-state index is 6.03. The van der Waals surface area contributed by atoms with Crippen molar-refractivity contribution in [1.29, 1.82) is 0 Å². The van der Waals surface area contributed by atoms with Crippen LogP contribution in [-0.2, 0) is 11.2 Å². The van der Waals surface area contributed by atoms with Gasteiger partial charge in [0, 0.05) is 0 Å². The van der Waals surface area contributed by atoms with Crippen molar-refractivity contribution in [2.45, 2.75) is 18.7 Å². The fourth-order valence-electron chi connectivity index (χ4n) is 3.87. The van der Waals surface area contributed by atoms with Gasteiger partial charge in [0.25, 0.3) is 0 Å². The predicted octanol–water partition coefficient (Wildman–Crippen LogP) is 4.62. The minimum absolute atomic E-state index is 0.0239. The molecule has 3 aromatic carbocycles. The van der Waals surface area contributed by atoms with Crippen LogP contribution in [0, 0.1) is 0 Å². The van der Waals surface area contributed by atoms with Crippen LogP contribution in [0.2, 0.25) is 0 Å². The van der Waals surface area contributed by atoms with Crippen molar-refractivity contribution in [2.24, 2.45) is 0 Å². The number of hydrogen-bond acceptors (Lipinski definition) is 2. The van der Waals surface area contributed by atoms with Crippen LogP contribution >= 0.6 is 0 Å². The lowest BCUT2D eigenvalue weighted by Crippen LogP contribution is -2.18. The summed E-state index contributed by atoms with van der Waals surface area (Å²) in [4.78, 5) is 0. The van der Waals surface area contributed by atoms with Gasteiger partial charge in [-0.2, -0.15) is 0 Å². The van der Waals surface area contributed by atoms with Crippen LogP contribution in [0.15, 0.2) is 72.8 Å². The second kappa shape index (κ2) is 5.59. The lowest BCUT2D eigenvalue weighted by Gasteiger charge is -2.14. The van der Waals surface area contributed by atoms with E-state index < -0.39 is 0 Å². The molecule has 118 valence electrons. The molecule has 24 heavy (non-hydrogen) atoms. The second-order valence-corrected chi connectivity index (χ2v) is 6.59. The van der Waals surface area contributed by atoms with Crippen molar-refractivity contribution in [3.05, 3.63) is 95.1 Å². The van der Waals surface area contributed by atoms with Crippen molar-refractivity contribution in [2.75, 3.05) is 6.61 Å². The van der Waals surface area contributed by atoms with Gasteiger partial charge >= 0.3 is 0 Å². The van der Waals surface area contributed by atoms with Gasteiger partial charge in [-0.1, -0.05) is 72.8 Å². The van der Waals surface area contributed by atoms with Crippen LogP contribution < -0.4 is 5.32 Å². The van der Waals surface area contributed by atoms with Gasteiger partial charge in [0.2, 0.25) is 0 Å². The van der Waals surface area contributed by atoms with E-state index in [4.69, 9.17) is 4.74 Å². The SMILES string of the molecule is c1ccc([C@H]2CO[C@@H](c3ccc4c(c3)Cc3ccccc3-4)N2)cc1. The van der Waals surface area contributed by atoms with Crippen molar-refractivity contribution in [3.8, 4) is 11.1 Å². The molecule has 2 atom stereocenters. The number of hydrogen-bond donors (Lipinski definition) is 1. The van der Waals surface area contributed by atoms with Crippen LogP contribution in [0.25, 0.3) is 11.1 Å². The zero-order valence-electron chi connectivity index (χ0n) is 13.4. The summed E-state index contributed by atoms with van der Waals surface area (Å²) >= 11 is 0. The number of rotatable bonds is 2. The first-order valence-corrected chi connectivity index (χ1v) is 8.52. The molecule has 1 N–H and O–H groups in total. The van der Waals surface area contributed by atoms with Gasteiger partial charge in [-0.3, -0.25) is 5.32 Å². The number of benzene rings is 3. The highest BCUT2D eigenvalue weighted by atomic mass is 16.5. The van der Waals surface area contributed by atoms with E-state index in [0.717, 1.165) is 6.42 Å². The minimum Gasteiger partial charge on any atom is -0.357 e. The van der Waals surface area contributed by atoms with Crippen molar-refractivity contribution in [3.63, 3.8) is 0 Å². The Morgan fingerprint density at radius 2 is 1.54 bits per heavy atom. The van der Waals surface area contributed by atoms with Crippen LogP contribution in [0.3, 0.4) is 0 Å². The summed E-state index contributed by atoms with van der Waals surface area (Å²) in [6.45, 7) is 0.714. The summed E-state index contributed by atoms with van der Waals surface area (Å²) in [5.74, 6) is 0. The van der Waals surface area contributed by atoms with E-state index in [1.807, 2.05) is 0 Å². The third-order valence-corrected chi connectivity index (χ3v) is 5.10. The number of fused-ring (bicyclic) bond motifs is 3. The van der Waals surface area contributed by atoms with Crippen LogP contribution in [0.4, 0.5) is 0 Å². The van der Waals surface area contributed by atoms with Crippen LogP contribution in [-0.4, -0.2) is 6.61 Å². The van der Waals surface area contributed by atoms with Gasteiger partial charge in [-0.05, 0) is 39.8 Å². The highest BCUT2D eigenvalue weighted by Gasteiger charge is 2.28. The Kier molecular flexibility index (Phi) is 3.25. The first kappa shape index (κ1) is 14.0. The number of ether oxygens (including phenoxy) is 1. The Bertz CT molecular complexity index is 887. The summed E-state index contributed by atoms with van der Waals surface area (Å²) in [6.07, 6.45) is 0.998. The molecule has 0 amide bonds. The molecule has 1 aliphatic carbocycles. The van der Waals surface area contributed by atoms with E-state index in [1.165, 1.54) is 33.4 Å². The molecular formula is C22H19NO. The maximum atomic E-state index is 6.03. The van der Waals surface area contributed by atoms with Gasteiger partial charge in [-0.25, -0.2) is 0 Å². The zero-order chi connectivity index (χ0) is 15.9. The molecule has 1 heterocycles. The third kappa shape index (κ3) is 2.27. The van der Waals surface area contributed by atoms with E-state index in [1.54, 1.807) is 0 Å². The lowest BCUT2D eigenvalue weighted by molar-refractivity contribution is 0.101. The molecule has 1 fully saturated rings. The monoisotopic (exact) mass is 313 g/mol. The molecule has 0 radical (unpaired) electrons. The molecule has 5 rings (SSSR count). The van der Waals surface area contributed by atoms with Crippen molar-refractivity contribution < 1.29 is 4.74 Å². The van der Waals surface area contributed by atoms with Gasteiger partial charge in [0.05, 0.1) is 12.6 Å². The van der Waals surface area contributed by atoms with Crippen LogP contribution in [0.1, 0.15) is 34.5 Å². The van der Waals surface area contributed by atoms with Gasteiger partial charge in [-0.15, -0.1) is 0 Å². The van der Waals surface area contributed by atoms with Crippen LogP contribution in [0.5, 0.6) is 0 Å². The molecule has 0 bridgehead atoms. The van der Waals surface area contributed by atoms with Crippen molar-refractivity contribution >= 4 is 0 Å². The average Bonchev–Trinajstić information content (AvgIpc) is 3.27. The summed E-state index contributed by atoms with van der Waals surface area (Å²) in [6, 6.07) is 26.2. The topological polar surface area (TPSA) is 21.3 Å². The van der Waals surface area contributed by atoms with Crippen molar-refractivity contribution in [1.82, 2.24) is 5.32 Å². The number of nitrogens with one attached hydrogen (secondary N) is 1. The lowest BCUT2D eigenvalue weighted by atomic mass is 10.0. The largest absolute Gasteiger partial charge is 0.357 e. The molecule has 0 saturated carbocycles. The molecular weight excluding hydrogens is 294 g/mol. The quantitative estimate of drug-likeness (QED) is 0.583. The average molecular weight is 313 g/mol. The minimum atomic E-state index is -0.0239. The summed E-state index contributed by atoms with van der Waals surface area (Å²) in [7, 11) is 0. The van der Waals surface area contributed by atoms with E-state index in [-0.39, 0.29) is 12.3 Å². The van der Waals surface area contributed by atoms with E-state index >= 15 is 0 Å². The zero-order valence-corrected chi connectivity index (χ0v) is 13.4. The Balaban J connectivity index is 1.41. The highest BCUT2D eigenvalue weighted by Crippen LogP contribution is 2.38. The summed E-state index contributed by atoms with van der Waals surface area (Å²) in [5, 5.41) is 3.61.